The first-order valence-electron chi connectivity index (χ1n) is 8.16. The van der Waals surface area contributed by atoms with Crippen molar-refractivity contribution in [2.24, 2.45) is 0 Å². The van der Waals surface area contributed by atoms with Gasteiger partial charge in [0.1, 0.15) is 5.54 Å². The topological polar surface area (TPSA) is 41.6 Å². The summed E-state index contributed by atoms with van der Waals surface area (Å²) < 4.78 is 5.19. The molecule has 0 amide bonds. The van der Waals surface area contributed by atoms with Gasteiger partial charge in [-0.2, -0.15) is 0 Å². The molecule has 1 rings (SSSR count). The molecule has 1 fully saturated rings. The number of hydrogen-bond acceptors (Lipinski definition) is 4. The van der Waals surface area contributed by atoms with Gasteiger partial charge in [0.15, 0.2) is 0 Å². The molecule has 1 N–H and O–H groups in total. The third-order valence-corrected chi connectivity index (χ3v) is 4.43. The largest absolute Gasteiger partial charge is 0.465 e. The number of esters is 1. The molecule has 0 saturated heterocycles. The Labute approximate surface area is 124 Å². The van der Waals surface area contributed by atoms with Crippen molar-refractivity contribution in [1.29, 1.82) is 0 Å². The maximum absolute atomic E-state index is 12.1. The van der Waals surface area contributed by atoms with Gasteiger partial charge in [0, 0.05) is 6.04 Å². The Kier molecular flexibility index (Phi) is 7.52. The zero-order chi connectivity index (χ0) is 15.0. The average Bonchev–Trinajstić information content (AvgIpc) is 2.33. The summed E-state index contributed by atoms with van der Waals surface area (Å²) in [6, 6.07) is 0.806. The Morgan fingerprint density at radius 3 is 2.55 bits per heavy atom. The van der Waals surface area contributed by atoms with Crippen LogP contribution in [0.3, 0.4) is 0 Å². The fourth-order valence-electron chi connectivity index (χ4n) is 2.79. The zero-order valence-corrected chi connectivity index (χ0v) is 13.7. The molecule has 4 nitrogen and oxygen atoms in total. The van der Waals surface area contributed by atoms with Gasteiger partial charge >= 0.3 is 5.97 Å². The molecule has 1 aliphatic carbocycles. The lowest BCUT2D eigenvalue weighted by atomic mass is 9.91. The second-order valence-electron chi connectivity index (χ2n) is 6.11. The summed E-state index contributed by atoms with van der Waals surface area (Å²) in [4.78, 5) is 14.5. The minimum Gasteiger partial charge on any atom is -0.465 e. The molecule has 1 aliphatic rings. The van der Waals surface area contributed by atoms with Gasteiger partial charge in [-0.1, -0.05) is 13.3 Å². The van der Waals surface area contributed by atoms with Crippen LogP contribution in [0.1, 0.15) is 59.3 Å². The fraction of sp³-hybridized carbons (Fsp3) is 0.938. The summed E-state index contributed by atoms with van der Waals surface area (Å²) in [6.45, 7) is 8.22. The molecule has 0 aromatic carbocycles. The van der Waals surface area contributed by atoms with Gasteiger partial charge in [-0.25, -0.2) is 0 Å². The van der Waals surface area contributed by atoms with Crippen LogP contribution in [0.5, 0.6) is 0 Å². The van der Waals surface area contributed by atoms with Crippen molar-refractivity contribution in [3.63, 3.8) is 0 Å². The first kappa shape index (κ1) is 17.4. The third kappa shape index (κ3) is 5.06. The first-order chi connectivity index (χ1) is 9.53. The number of nitrogens with zero attached hydrogens (tertiary/aromatic N) is 1. The molecule has 118 valence electrons. The maximum Gasteiger partial charge on any atom is 0.326 e. The van der Waals surface area contributed by atoms with Gasteiger partial charge in [-0.05, 0) is 66.1 Å². The number of unbranched alkanes of at least 4 members (excludes halogenated alkanes) is 1. The molecular formula is C16H32N2O2. The van der Waals surface area contributed by atoms with E-state index in [1.165, 1.54) is 19.3 Å². The Morgan fingerprint density at radius 1 is 1.35 bits per heavy atom. The minimum atomic E-state index is -0.528. The molecule has 0 aliphatic heterocycles. The van der Waals surface area contributed by atoms with Crippen molar-refractivity contribution in [1.82, 2.24) is 10.2 Å². The number of ether oxygens (including phenoxy) is 1. The van der Waals surface area contributed by atoms with Gasteiger partial charge in [0.05, 0.1) is 6.61 Å². The van der Waals surface area contributed by atoms with Gasteiger partial charge in [-0.15, -0.1) is 0 Å². The highest BCUT2D eigenvalue weighted by atomic mass is 16.5. The van der Waals surface area contributed by atoms with Gasteiger partial charge in [-0.3, -0.25) is 4.79 Å². The van der Waals surface area contributed by atoms with E-state index >= 15 is 0 Å². The Morgan fingerprint density at radius 2 is 2.05 bits per heavy atom. The second-order valence-corrected chi connectivity index (χ2v) is 6.11. The van der Waals surface area contributed by atoms with Crippen LogP contribution in [0.25, 0.3) is 0 Å². The summed E-state index contributed by atoms with van der Waals surface area (Å²) in [5.41, 5.74) is -0.528. The molecule has 0 heterocycles. The van der Waals surface area contributed by atoms with Crippen LogP contribution in [0.2, 0.25) is 0 Å². The molecule has 20 heavy (non-hydrogen) atoms. The Bertz CT molecular complexity index is 292. The third-order valence-electron chi connectivity index (χ3n) is 4.43. The Balaban J connectivity index is 2.28. The standard InChI is InChI=1S/C16H32N2O2/c1-5-17-16(3,15(19)20-6-2)12-7-8-13-18(4)14-10-9-11-14/h14,17H,5-13H2,1-4H3. The van der Waals surface area contributed by atoms with Crippen LogP contribution in [0.4, 0.5) is 0 Å². The molecule has 0 radical (unpaired) electrons. The van der Waals surface area contributed by atoms with Crippen LogP contribution >= 0.6 is 0 Å². The van der Waals surface area contributed by atoms with Gasteiger partial charge in [0.2, 0.25) is 0 Å². The van der Waals surface area contributed by atoms with Crippen LogP contribution < -0.4 is 5.32 Å². The number of nitrogens with one attached hydrogen (secondary N) is 1. The molecule has 0 aromatic heterocycles. The zero-order valence-electron chi connectivity index (χ0n) is 13.7. The average molecular weight is 284 g/mol. The molecule has 0 bridgehead atoms. The molecule has 4 heteroatoms. The summed E-state index contributed by atoms with van der Waals surface area (Å²) in [7, 11) is 2.22. The number of likely N-dealkylation sites (N-methyl/N-ethyl adjacent to an activating group) is 1. The van der Waals surface area contributed by atoms with E-state index in [4.69, 9.17) is 4.74 Å². The molecule has 1 unspecified atom stereocenters. The highest BCUT2D eigenvalue weighted by molar-refractivity contribution is 5.80. The van der Waals surface area contributed by atoms with Crippen LogP contribution in [0.15, 0.2) is 0 Å². The van der Waals surface area contributed by atoms with E-state index in [9.17, 15) is 4.79 Å². The lowest BCUT2D eigenvalue weighted by molar-refractivity contribution is -0.150. The Hall–Kier alpha value is -0.610. The van der Waals surface area contributed by atoms with Crippen molar-refractivity contribution in [2.75, 3.05) is 26.7 Å². The van der Waals surface area contributed by atoms with E-state index in [2.05, 4.69) is 17.3 Å². The number of carbonyl (C=O) groups is 1. The summed E-state index contributed by atoms with van der Waals surface area (Å²) in [5.74, 6) is -0.116. The van der Waals surface area contributed by atoms with Gasteiger partial charge < -0.3 is 15.0 Å². The van der Waals surface area contributed by atoms with Gasteiger partial charge in [0.25, 0.3) is 0 Å². The second kappa shape index (κ2) is 8.63. The molecule has 1 atom stereocenters. The lowest BCUT2D eigenvalue weighted by Crippen LogP contribution is -2.50. The van der Waals surface area contributed by atoms with Crippen molar-refractivity contribution >= 4 is 5.97 Å². The van der Waals surface area contributed by atoms with E-state index in [1.54, 1.807) is 0 Å². The van der Waals surface area contributed by atoms with E-state index in [0.29, 0.717) is 6.61 Å². The quantitative estimate of drug-likeness (QED) is 0.494. The number of hydrogen-bond donors (Lipinski definition) is 1. The van der Waals surface area contributed by atoms with Crippen molar-refractivity contribution in [2.45, 2.75) is 70.9 Å². The van der Waals surface area contributed by atoms with Crippen LogP contribution in [0, 0.1) is 0 Å². The normalized spacial score (nSPS) is 18.6. The highest BCUT2D eigenvalue weighted by Gasteiger charge is 2.33. The first-order valence-corrected chi connectivity index (χ1v) is 8.16. The smallest absolute Gasteiger partial charge is 0.326 e. The van der Waals surface area contributed by atoms with Crippen molar-refractivity contribution in [3.8, 4) is 0 Å². The van der Waals surface area contributed by atoms with E-state index in [1.807, 2.05) is 20.8 Å². The molecule has 0 spiro atoms. The SMILES string of the molecule is CCNC(C)(CCCCN(C)C1CCC1)C(=O)OCC. The van der Waals surface area contributed by atoms with Crippen molar-refractivity contribution < 1.29 is 9.53 Å². The highest BCUT2D eigenvalue weighted by Crippen LogP contribution is 2.24. The number of carbonyl (C=O) groups excluding carboxylic acids is 1. The van der Waals surface area contributed by atoms with E-state index < -0.39 is 5.54 Å². The summed E-state index contributed by atoms with van der Waals surface area (Å²) >= 11 is 0. The van der Waals surface area contributed by atoms with Crippen LogP contribution in [-0.2, 0) is 9.53 Å². The van der Waals surface area contributed by atoms with Crippen LogP contribution in [-0.4, -0.2) is 49.2 Å². The maximum atomic E-state index is 12.1. The van der Waals surface area contributed by atoms with E-state index in [0.717, 1.165) is 38.4 Å². The summed E-state index contributed by atoms with van der Waals surface area (Å²) in [5, 5.41) is 3.29. The summed E-state index contributed by atoms with van der Waals surface area (Å²) in [6.07, 6.45) is 7.14. The molecule has 0 aromatic rings. The van der Waals surface area contributed by atoms with E-state index in [-0.39, 0.29) is 5.97 Å². The predicted molar refractivity (Wildman–Crippen MR) is 82.8 cm³/mol. The number of rotatable bonds is 10. The lowest BCUT2D eigenvalue weighted by Gasteiger charge is -2.35. The van der Waals surface area contributed by atoms with Crippen molar-refractivity contribution in [3.05, 3.63) is 0 Å². The molecular weight excluding hydrogens is 252 g/mol. The fourth-order valence-corrected chi connectivity index (χ4v) is 2.79. The molecule has 1 saturated carbocycles. The minimum absolute atomic E-state index is 0.116. The predicted octanol–water partition coefficient (Wildman–Crippen LogP) is 2.57. The monoisotopic (exact) mass is 284 g/mol.